The molecule has 0 amide bonds. The minimum absolute atomic E-state index is 0.739. The number of nitrogens with zero attached hydrogens (tertiary/aromatic N) is 2. The van der Waals surface area contributed by atoms with Gasteiger partial charge in [0.15, 0.2) is 0 Å². The van der Waals surface area contributed by atoms with Crippen molar-refractivity contribution in [2.75, 3.05) is 39.3 Å². The van der Waals surface area contributed by atoms with Crippen molar-refractivity contribution >= 4 is 5.82 Å². The molecule has 4 nitrogen and oxygen atoms in total. The Balaban J connectivity index is 2.36. The summed E-state index contributed by atoms with van der Waals surface area (Å²) < 4.78 is 4.95. The molecule has 0 aliphatic carbocycles. The zero-order valence-electron chi connectivity index (χ0n) is 9.66. The average molecular weight is 209 g/mol. The highest BCUT2D eigenvalue weighted by atomic mass is 16.5. The summed E-state index contributed by atoms with van der Waals surface area (Å²) in [5.74, 6) is 0.982. The maximum atomic E-state index is 4.95. The molecule has 0 bridgehead atoms. The van der Waals surface area contributed by atoms with E-state index < -0.39 is 0 Å². The third-order valence-electron chi connectivity index (χ3n) is 2.08. The lowest BCUT2D eigenvalue weighted by Crippen LogP contribution is -2.18. The van der Waals surface area contributed by atoms with Gasteiger partial charge in [0.2, 0.25) is 0 Å². The van der Waals surface area contributed by atoms with E-state index in [0.717, 1.165) is 25.5 Å². The molecule has 1 aromatic rings. The van der Waals surface area contributed by atoms with Crippen molar-refractivity contribution in [1.29, 1.82) is 0 Å². The molecular formula is C11H19N3O. The Morgan fingerprint density at radius 3 is 2.73 bits per heavy atom. The summed E-state index contributed by atoms with van der Waals surface area (Å²) in [4.78, 5) is 6.32. The molecule has 0 atom stereocenters. The van der Waals surface area contributed by atoms with Crippen molar-refractivity contribution in [3.8, 4) is 0 Å². The van der Waals surface area contributed by atoms with Crippen LogP contribution in [0, 0.1) is 0 Å². The summed E-state index contributed by atoms with van der Waals surface area (Å²) in [5, 5.41) is 3.27. The van der Waals surface area contributed by atoms with Crippen LogP contribution in [0.15, 0.2) is 18.3 Å². The summed E-state index contributed by atoms with van der Waals surface area (Å²) in [6.07, 6.45) is 1.90. The Hall–Kier alpha value is -1.13. The lowest BCUT2D eigenvalue weighted by molar-refractivity contribution is 0.199. The standard InChI is InChI=1S/C11H19N3O/c1-14(2)11-5-4-10(9-13-11)8-12-6-7-15-3/h4-5,9,12H,6-8H2,1-3H3. The van der Waals surface area contributed by atoms with Gasteiger partial charge >= 0.3 is 0 Å². The number of pyridine rings is 1. The third kappa shape index (κ3) is 4.27. The third-order valence-corrected chi connectivity index (χ3v) is 2.08. The number of ether oxygens (including phenoxy) is 1. The Morgan fingerprint density at radius 1 is 1.40 bits per heavy atom. The summed E-state index contributed by atoms with van der Waals surface area (Å²) >= 11 is 0. The number of methoxy groups -OCH3 is 1. The van der Waals surface area contributed by atoms with E-state index in [4.69, 9.17) is 4.74 Å². The first kappa shape index (κ1) is 11.9. The molecule has 0 aliphatic rings. The SMILES string of the molecule is COCCNCc1ccc(N(C)C)nc1. The number of hydrogen-bond donors (Lipinski definition) is 1. The normalized spacial score (nSPS) is 10.3. The monoisotopic (exact) mass is 209 g/mol. The van der Waals surface area contributed by atoms with Gasteiger partial charge in [0, 0.05) is 40.5 Å². The average Bonchev–Trinajstić information content (AvgIpc) is 2.25. The zero-order valence-corrected chi connectivity index (χ0v) is 9.66. The van der Waals surface area contributed by atoms with E-state index in [-0.39, 0.29) is 0 Å². The second-order valence-corrected chi connectivity index (χ2v) is 3.59. The molecule has 0 saturated heterocycles. The predicted octanol–water partition coefficient (Wildman–Crippen LogP) is 0.884. The maximum absolute atomic E-state index is 4.95. The first-order valence-corrected chi connectivity index (χ1v) is 5.06. The molecule has 84 valence electrons. The van der Waals surface area contributed by atoms with Gasteiger partial charge in [-0.3, -0.25) is 0 Å². The predicted molar refractivity (Wildman–Crippen MR) is 62.1 cm³/mol. The first-order valence-electron chi connectivity index (χ1n) is 5.06. The summed E-state index contributed by atoms with van der Waals surface area (Å²) in [5.41, 5.74) is 1.19. The van der Waals surface area contributed by atoms with Crippen LogP contribution in [0.4, 0.5) is 5.82 Å². The number of aromatic nitrogens is 1. The first-order chi connectivity index (χ1) is 7.24. The van der Waals surface area contributed by atoms with Crippen LogP contribution in [-0.4, -0.2) is 39.3 Å². The molecule has 15 heavy (non-hydrogen) atoms. The molecule has 1 aromatic heterocycles. The van der Waals surface area contributed by atoms with Gasteiger partial charge in [-0.05, 0) is 11.6 Å². The lowest BCUT2D eigenvalue weighted by atomic mass is 10.3. The zero-order chi connectivity index (χ0) is 11.1. The molecule has 0 aromatic carbocycles. The second kappa shape index (κ2) is 6.37. The van der Waals surface area contributed by atoms with Gasteiger partial charge in [0.05, 0.1) is 6.61 Å². The molecule has 0 unspecified atom stereocenters. The molecule has 0 radical (unpaired) electrons. The highest BCUT2D eigenvalue weighted by Crippen LogP contribution is 2.07. The molecule has 1 heterocycles. The number of hydrogen-bond acceptors (Lipinski definition) is 4. The number of rotatable bonds is 6. The largest absolute Gasteiger partial charge is 0.383 e. The van der Waals surface area contributed by atoms with Crippen LogP contribution in [-0.2, 0) is 11.3 Å². The van der Waals surface area contributed by atoms with Gasteiger partial charge in [0.25, 0.3) is 0 Å². The van der Waals surface area contributed by atoms with Crippen LogP contribution < -0.4 is 10.2 Å². The summed E-state index contributed by atoms with van der Waals surface area (Å²) in [6, 6.07) is 4.11. The van der Waals surface area contributed by atoms with E-state index in [0.29, 0.717) is 0 Å². The minimum atomic E-state index is 0.739. The van der Waals surface area contributed by atoms with Crippen molar-refractivity contribution < 1.29 is 4.74 Å². The van der Waals surface area contributed by atoms with Gasteiger partial charge in [-0.2, -0.15) is 0 Å². The topological polar surface area (TPSA) is 37.4 Å². The van der Waals surface area contributed by atoms with E-state index >= 15 is 0 Å². The number of nitrogens with one attached hydrogen (secondary N) is 1. The second-order valence-electron chi connectivity index (χ2n) is 3.59. The fourth-order valence-corrected chi connectivity index (χ4v) is 1.19. The smallest absolute Gasteiger partial charge is 0.127 e. The Labute approximate surface area is 91.3 Å². The van der Waals surface area contributed by atoms with Gasteiger partial charge < -0.3 is 15.0 Å². The van der Waals surface area contributed by atoms with Crippen molar-refractivity contribution in [2.24, 2.45) is 0 Å². The molecule has 0 fully saturated rings. The minimum Gasteiger partial charge on any atom is -0.383 e. The lowest BCUT2D eigenvalue weighted by Gasteiger charge is -2.11. The van der Waals surface area contributed by atoms with Crippen molar-refractivity contribution in [2.45, 2.75) is 6.54 Å². The van der Waals surface area contributed by atoms with E-state index in [1.54, 1.807) is 7.11 Å². The molecule has 4 heteroatoms. The van der Waals surface area contributed by atoms with Gasteiger partial charge in [-0.15, -0.1) is 0 Å². The van der Waals surface area contributed by atoms with Gasteiger partial charge in [-0.1, -0.05) is 6.07 Å². The molecule has 0 spiro atoms. The van der Waals surface area contributed by atoms with E-state index in [1.807, 2.05) is 31.3 Å². The Morgan fingerprint density at radius 2 is 2.20 bits per heavy atom. The molecular weight excluding hydrogens is 190 g/mol. The molecule has 0 saturated carbocycles. The summed E-state index contributed by atoms with van der Waals surface area (Å²) in [6.45, 7) is 2.44. The quantitative estimate of drug-likeness (QED) is 0.706. The highest BCUT2D eigenvalue weighted by molar-refractivity contribution is 5.37. The van der Waals surface area contributed by atoms with Crippen LogP contribution in [0.3, 0.4) is 0 Å². The fourth-order valence-electron chi connectivity index (χ4n) is 1.19. The van der Waals surface area contributed by atoms with Crippen molar-refractivity contribution in [3.63, 3.8) is 0 Å². The molecule has 1 N–H and O–H groups in total. The van der Waals surface area contributed by atoms with Crippen LogP contribution in [0.2, 0.25) is 0 Å². The van der Waals surface area contributed by atoms with E-state index in [1.165, 1.54) is 5.56 Å². The highest BCUT2D eigenvalue weighted by Gasteiger charge is 1.97. The number of anilines is 1. The fraction of sp³-hybridized carbons (Fsp3) is 0.545. The summed E-state index contributed by atoms with van der Waals surface area (Å²) in [7, 11) is 5.67. The maximum Gasteiger partial charge on any atom is 0.127 e. The van der Waals surface area contributed by atoms with Crippen molar-refractivity contribution in [1.82, 2.24) is 10.3 Å². The molecule has 0 aliphatic heterocycles. The van der Waals surface area contributed by atoms with Gasteiger partial charge in [-0.25, -0.2) is 4.98 Å². The Bertz CT molecular complexity index is 272. The van der Waals surface area contributed by atoms with E-state index in [9.17, 15) is 0 Å². The van der Waals surface area contributed by atoms with Crippen LogP contribution in [0.1, 0.15) is 5.56 Å². The van der Waals surface area contributed by atoms with Crippen LogP contribution >= 0.6 is 0 Å². The van der Waals surface area contributed by atoms with Crippen LogP contribution in [0.25, 0.3) is 0 Å². The van der Waals surface area contributed by atoms with Gasteiger partial charge in [0.1, 0.15) is 5.82 Å². The van der Waals surface area contributed by atoms with Crippen molar-refractivity contribution in [3.05, 3.63) is 23.9 Å². The van der Waals surface area contributed by atoms with E-state index in [2.05, 4.69) is 16.4 Å². The molecule has 1 rings (SSSR count). The Kier molecular flexibility index (Phi) is 5.07. The van der Waals surface area contributed by atoms with Crippen LogP contribution in [0.5, 0.6) is 0 Å².